The van der Waals surface area contributed by atoms with Crippen molar-refractivity contribution in [3.63, 3.8) is 0 Å². The van der Waals surface area contributed by atoms with Crippen molar-refractivity contribution in [1.29, 1.82) is 0 Å². The van der Waals surface area contributed by atoms with Gasteiger partial charge in [0.25, 0.3) is 0 Å². The number of hydrogen-bond donors (Lipinski definition) is 0. The van der Waals surface area contributed by atoms with E-state index >= 15 is 0 Å². The molecule has 0 aliphatic heterocycles. The van der Waals surface area contributed by atoms with Crippen LogP contribution in [0.5, 0.6) is 11.5 Å². The Bertz CT molecular complexity index is 558. The predicted molar refractivity (Wildman–Crippen MR) is 75.6 cm³/mol. The Labute approximate surface area is 117 Å². The molecule has 1 aromatic rings. The van der Waals surface area contributed by atoms with Gasteiger partial charge in [0.15, 0.2) is 11.6 Å². The van der Waals surface area contributed by atoms with E-state index in [0.717, 1.165) is 0 Å². The molecular formula is C16H14O4. The van der Waals surface area contributed by atoms with E-state index in [-0.39, 0.29) is 35.9 Å². The largest absolute Gasteiger partial charge is 0.489 e. The zero-order chi connectivity index (χ0) is 14.5. The summed E-state index contributed by atoms with van der Waals surface area (Å²) in [4.78, 5) is 24.0. The van der Waals surface area contributed by atoms with E-state index in [2.05, 4.69) is 13.2 Å². The summed E-state index contributed by atoms with van der Waals surface area (Å²) in [5.74, 6) is 0.160. The van der Waals surface area contributed by atoms with Gasteiger partial charge in [-0.15, -0.1) is 0 Å². The summed E-state index contributed by atoms with van der Waals surface area (Å²) in [6.07, 6.45) is 5.62. The molecule has 1 aliphatic rings. The number of hydrogen-bond acceptors (Lipinski definition) is 4. The number of ketones is 2. The van der Waals surface area contributed by atoms with Crippen molar-refractivity contribution in [3.8, 4) is 11.5 Å². The molecule has 4 nitrogen and oxygen atoms in total. The smallest absolute Gasteiger partial charge is 0.190 e. The van der Waals surface area contributed by atoms with Crippen LogP contribution in [-0.2, 0) is 0 Å². The third-order valence-corrected chi connectivity index (χ3v) is 2.72. The lowest BCUT2D eigenvalue weighted by atomic mass is 9.93. The van der Waals surface area contributed by atoms with Crippen molar-refractivity contribution in [2.75, 3.05) is 13.2 Å². The molecule has 0 radical (unpaired) electrons. The number of rotatable bonds is 6. The first-order valence-corrected chi connectivity index (χ1v) is 6.10. The number of allylic oxidation sites excluding steroid dienone is 2. The summed E-state index contributed by atoms with van der Waals surface area (Å²) in [7, 11) is 0. The minimum Gasteiger partial charge on any atom is -0.489 e. The van der Waals surface area contributed by atoms with Gasteiger partial charge in [-0.1, -0.05) is 25.3 Å². The molecule has 2 rings (SSSR count). The molecular weight excluding hydrogens is 256 g/mol. The van der Waals surface area contributed by atoms with Crippen LogP contribution in [0.4, 0.5) is 0 Å². The molecule has 20 heavy (non-hydrogen) atoms. The monoisotopic (exact) mass is 270 g/mol. The molecule has 0 spiro atoms. The van der Waals surface area contributed by atoms with E-state index < -0.39 is 0 Å². The summed E-state index contributed by atoms with van der Waals surface area (Å²) in [5.41, 5.74) is 0.474. The third kappa shape index (κ3) is 2.54. The molecule has 102 valence electrons. The lowest BCUT2D eigenvalue weighted by Crippen LogP contribution is -2.15. The van der Waals surface area contributed by atoms with Crippen molar-refractivity contribution in [2.45, 2.75) is 0 Å². The predicted octanol–water partition coefficient (Wildman–Crippen LogP) is 2.75. The second-order valence-electron chi connectivity index (χ2n) is 4.07. The molecule has 1 aromatic carbocycles. The first-order chi connectivity index (χ1) is 9.69. The van der Waals surface area contributed by atoms with Crippen molar-refractivity contribution < 1.29 is 19.1 Å². The molecule has 0 saturated carbocycles. The zero-order valence-electron chi connectivity index (χ0n) is 10.9. The molecule has 4 heteroatoms. The standard InChI is InChI=1S/C16H14O4/c1-3-9-19-13-7-8-14(20-10-4-2)16-12(18)6-5-11(17)15(13)16/h3-8H,1-2,9-10H2. The van der Waals surface area contributed by atoms with Gasteiger partial charge in [0, 0.05) is 0 Å². The number of benzene rings is 1. The summed E-state index contributed by atoms with van der Waals surface area (Å²) < 4.78 is 10.9. The average molecular weight is 270 g/mol. The maximum Gasteiger partial charge on any atom is 0.190 e. The Balaban J connectivity index is 2.53. The highest BCUT2D eigenvalue weighted by atomic mass is 16.5. The normalized spacial score (nSPS) is 12.8. The van der Waals surface area contributed by atoms with Crippen LogP contribution in [0.15, 0.2) is 49.6 Å². The Morgan fingerprint density at radius 3 is 1.60 bits per heavy atom. The SMILES string of the molecule is C=CCOc1ccc(OCC=C)c2c1C(=O)C=CC2=O. The van der Waals surface area contributed by atoms with E-state index in [1.807, 2.05) is 0 Å². The molecule has 0 saturated heterocycles. The van der Waals surface area contributed by atoms with Gasteiger partial charge in [-0.3, -0.25) is 9.59 Å². The highest BCUT2D eigenvalue weighted by molar-refractivity contribution is 6.24. The first kappa shape index (κ1) is 13.8. The van der Waals surface area contributed by atoms with Crippen LogP contribution in [0.1, 0.15) is 20.7 Å². The lowest BCUT2D eigenvalue weighted by Gasteiger charge is -2.17. The van der Waals surface area contributed by atoms with Crippen LogP contribution in [0.3, 0.4) is 0 Å². The van der Waals surface area contributed by atoms with Crippen LogP contribution in [0.25, 0.3) is 0 Å². The maximum absolute atomic E-state index is 12.0. The Morgan fingerprint density at radius 1 is 0.850 bits per heavy atom. The van der Waals surface area contributed by atoms with Crippen molar-refractivity contribution in [3.05, 3.63) is 60.7 Å². The van der Waals surface area contributed by atoms with Crippen molar-refractivity contribution in [2.24, 2.45) is 0 Å². The molecule has 0 fully saturated rings. The minimum atomic E-state index is -0.275. The molecule has 0 bridgehead atoms. The van der Waals surface area contributed by atoms with Gasteiger partial charge in [-0.2, -0.15) is 0 Å². The van der Waals surface area contributed by atoms with Gasteiger partial charge in [0.05, 0.1) is 11.1 Å². The fourth-order valence-electron chi connectivity index (χ4n) is 1.91. The zero-order valence-corrected chi connectivity index (χ0v) is 10.9. The second kappa shape index (κ2) is 6.02. The summed E-state index contributed by atoms with van der Waals surface area (Å²) >= 11 is 0. The molecule has 0 heterocycles. The highest BCUT2D eigenvalue weighted by Gasteiger charge is 2.27. The number of carbonyl (C=O) groups excluding carboxylic acids is 2. The van der Waals surface area contributed by atoms with E-state index in [1.54, 1.807) is 24.3 Å². The van der Waals surface area contributed by atoms with Crippen LogP contribution in [-0.4, -0.2) is 24.8 Å². The number of ether oxygens (including phenoxy) is 2. The van der Waals surface area contributed by atoms with Crippen LogP contribution >= 0.6 is 0 Å². The summed E-state index contributed by atoms with van der Waals surface area (Å²) in [5, 5.41) is 0. The highest BCUT2D eigenvalue weighted by Crippen LogP contribution is 2.34. The fourth-order valence-corrected chi connectivity index (χ4v) is 1.91. The number of carbonyl (C=O) groups is 2. The molecule has 0 unspecified atom stereocenters. The lowest BCUT2D eigenvalue weighted by molar-refractivity contribution is 0.0988. The van der Waals surface area contributed by atoms with Crippen LogP contribution in [0.2, 0.25) is 0 Å². The van der Waals surface area contributed by atoms with E-state index in [9.17, 15) is 9.59 Å². The van der Waals surface area contributed by atoms with Crippen molar-refractivity contribution >= 4 is 11.6 Å². The molecule has 0 N–H and O–H groups in total. The topological polar surface area (TPSA) is 52.6 Å². The first-order valence-electron chi connectivity index (χ1n) is 6.10. The molecule has 0 aromatic heterocycles. The second-order valence-corrected chi connectivity index (χ2v) is 4.07. The Hall–Kier alpha value is -2.62. The minimum absolute atomic E-state index is 0.237. The van der Waals surface area contributed by atoms with E-state index in [0.29, 0.717) is 11.5 Å². The summed E-state index contributed by atoms with van der Waals surface area (Å²) in [6.45, 7) is 7.62. The average Bonchev–Trinajstić information content (AvgIpc) is 2.46. The third-order valence-electron chi connectivity index (χ3n) is 2.72. The van der Waals surface area contributed by atoms with Gasteiger partial charge in [0.2, 0.25) is 0 Å². The van der Waals surface area contributed by atoms with Gasteiger partial charge in [0.1, 0.15) is 24.7 Å². The van der Waals surface area contributed by atoms with E-state index in [1.165, 1.54) is 12.2 Å². The molecule has 0 amide bonds. The van der Waals surface area contributed by atoms with Crippen LogP contribution < -0.4 is 9.47 Å². The maximum atomic E-state index is 12.0. The van der Waals surface area contributed by atoms with E-state index in [4.69, 9.17) is 9.47 Å². The molecule has 1 aliphatic carbocycles. The number of fused-ring (bicyclic) bond motifs is 1. The van der Waals surface area contributed by atoms with Gasteiger partial charge in [-0.05, 0) is 24.3 Å². The Morgan fingerprint density at radius 2 is 1.25 bits per heavy atom. The molecule has 0 atom stereocenters. The van der Waals surface area contributed by atoms with Crippen molar-refractivity contribution in [1.82, 2.24) is 0 Å². The van der Waals surface area contributed by atoms with Gasteiger partial charge in [-0.25, -0.2) is 0 Å². The van der Waals surface area contributed by atoms with Crippen LogP contribution in [0, 0.1) is 0 Å². The van der Waals surface area contributed by atoms with Gasteiger partial charge < -0.3 is 9.47 Å². The fraction of sp³-hybridized carbons (Fsp3) is 0.125. The Kier molecular flexibility index (Phi) is 4.15. The quantitative estimate of drug-likeness (QED) is 0.746. The van der Waals surface area contributed by atoms with Gasteiger partial charge >= 0.3 is 0 Å². The summed E-state index contributed by atoms with van der Waals surface area (Å²) in [6, 6.07) is 3.23.